The molecule has 2 amide bonds. The molecule has 0 atom stereocenters. The summed E-state index contributed by atoms with van der Waals surface area (Å²) in [7, 11) is 0. The van der Waals surface area contributed by atoms with Crippen LogP contribution in [0.15, 0.2) is 72.8 Å². The van der Waals surface area contributed by atoms with Crippen LogP contribution in [0.1, 0.15) is 72.2 Å². The van der Waals surface area contributed by atoms with E-state index in [1.54, 1.807) is 60.7 Å². The molecule has 0 unspecified atom stereocenters. The highest BCUT2D eigenvalue weighted by molar-refractivity contribution is 5.97. The van der Waals surface area contributed by atoms with E-state index >= 15 is 0 Å². The summed E-state index contributed by atoms with van der Waals surface area (Å²) < 4.78 is 11.2. The zero-order valence-electron chi connectivity index (χ0n) is 23.4. The predicted molar refractivity (Wildman–Crippen MR) is 155 cm³/mol. The molecular formula is C32H36N2O7. The lowest BCUT2D eigenvalue weighted by molar-refractivity contribution is -0.137. The van der Waals surface area contributed by atoms with Crippen molar-refractivity contribution >= 4 is 29.4 Å². The summed E-state index contributed by atoms with van der Waals surface area (Å²) >= 11 is 0. The largest absolute Gasteiger partial charge is 0.494 e. The highest BCUT2D eigenvalue weighted by Gasteiger charge is 2.19. The van der Waals surface area contributed by atoms with Gasteiger partial charge in [0.2, 0.25) is 5.91 Å². The van der Waals surface area contributed by atoms with Crippen molar-refractivity contribution in [3.63, 3.8) is 0 Å². The van der Waals surface area contributed by atoms with Gasteiger partial charge in [-0.3, -0.25) is 14.4 Å². The third kappa shape index (κ3) is 10.4. The van der Waals surface area contributed by atoms with Gasteiger partial charge in [-0.2, -0.15) is 0 Å². The molecule has 0 aliphatic rings. The van der Waals surface area contributed by atoms with E-state index in [1.165, 1.54) is 43.2 Å². The second kappa shape index (κ2) is 15.8. The van der Waals surface area contributed by atoms with Crippen LogP contribution in [0, 0.1) is 0 Å². The molecule has 216 valence electrons. The molecule has 0 heterocycles. The van der Waals surface area contributed by atoms with Crippen molar-refractivity contribution in [1.82, 2.24) is 4.90 Å². The molecule has 0 saturated carbocycles. The summed E-state index contributed by atoms with van der Waals surface area (Å²) in [6, 6.07) is 19.5. The van der Waals surface area contributed by atoms with Gasteiger partial charge >= 0.3 is 11.9 Å². The first-order valence-electron chi connectivity index (χ1n) is 13.7. The fourth-order valence-electron chi connectivity index (χ4n) is 4.08. The molecule has 0 bridgehead atoms. The van der Waals surface area contributed by atoms with Crippen LogP contribution in [-0.4, -0.2) is 46.9 Å². The average molecular weight is 561 g/mol. The number of benzene rings is 3. The van der Waals surface area contributed by atoms with Gasteiger partial charge in [-0.15, -0.1) is 0 Å². The number of carbonyl (C=O) groups is 4. The van der Waals surface area contributed by atoms with Crippen molar-refractivity contribution in [1.29, 1.82) is 0 Å². The van der Waals surface area contributed by atoms with Crippen molar-refractivity contribution < 1.29 is 33.8 Å². The van der Waals surface area contributed by atoms with Gasteiger partial charge in [0, 0.05) is 24.7 Å². The minimum absolute atomic E-state index is 0.0346. The number of esters is 1. The minimum Gasteiger partial charge on any atom is -0.494 e. The maximum Gasteiger partial charge on any atom is 0.343 e. The monoisotopic (exact) mass is 560 g/mol. The molecule has 3 aromatic carbocycles. The Hall–Kier alpha value is -4.66. The number of carboxylic acids is 1. The third-order valence-electron chi connectivity index (χ3n) is 6.18. The summed E-state index contributed by atoms with van der Waals surface area (Å²) in [5.74, 6) is -1.36. The van der Waals surface area contributed by atoms with Crippen molar-refractivity contribution in [3.05, 3.63) is 89.5 Å². The van der Waals surface area contributed by atoms with Gasteiger partial charge in [-0.25, -0.2) is 4.79 Å². The molecule has 2 N–H and O–H groups in total. The van der Waals surface area contributed by atoms with Crippen molar-refractivity contribution in [3.8, 4) is 11.5 Å². The van der Waals surface area contributed by atoms with Gasteiger partial charge in [-0.1, -0.05) is 44.7 Å². The Balaban J connectivity index is 1.55. The van der Waals surface area contributed by atoms with E-state index in [1.807, 2.05) is 0 Å². The van der Waals surface area contributed by atoms with Crippen LogP contribution >= 0.6 is 0 Å². The number of nitrogens with one attached hydrogen (secondary N) is 1. The van der Waals surface area contributed by atoms with E-state index in [0.29, 0.717) is 34.9 Å². The maximum absolute atomic E-state index is 13.0. The lowest BCUT2D eigenvalue weighted by Gasteiger charge is -2.21. The Morgan fingerprint density at radius 1 is 0.780 bits per heavy atom. The molecular weight excluding hydrogens is 524 g/mol. The highest BCUT2D eigenvalue weighted by Crippen LogP contribution is 2.19. The third-order valence-corrected chi connectivity index (χ3v) is 6.18. The number of anilines is 1. The zero-order valence-corrected chi connectivity index (χ0v) is 23.4. The van der Waals surface area contributed by atoms with Gasteiger partial charge < -0.3 is 24.8 Å². The number of carbonyl (C=O) groups excluding carboxylic acids is 3. The summed E-state index contributed by atoms with van der Waals surface area (Å²) in [6.45, 7) is 3.74. The highest BCUT2D eigenvalue weighted by atomic mass is 16.5. The molecule has 0 aliphatic carbocycles. The Morgan fingerprint density at radius 3 is 2.00 bits per heavy atom. The molecule has 3 rings (SSSR count). The molecule has 3 aromatic rings. The minimum atomic E-state index is -1.15. The SMILES string of the molecule is CCCCCCCOc1ccc(C(=O)Oc2ccc(CN(CC(=O)O)C(=O)c3ccc(NC(C)=O)cc3)cc2)cc1. The summed E-state index contributed by atoms with van der Waals surface area (Å²) in [5, 5.41) is 12.0. The molecule has 0 saturated heterocycles. The smallest absolute Gasteiger partial charge is 0.343 e. The molecule has 0 fully saturated rings. The Bertz CT molecular complexity index is 1300. The molecule has 9 nitrogen and oxygen atoms in total. The molecule has 0 aliphatic heterocycles. The fraction of sp³-hybridized carbons (Fsp3) is 0.312. The lowest BCUT2D eigenvalue weighted by Crippen LogP contribution is -2.35. The summed E-state index contributed by atoms with van der Waals surface area (Å²) in [5.41, 5.74) is 1.85. The number of amides is 2. The Labute approximate surface area is 240 Å². The first kappa shape index (κ1) is 30.9. The second-order valence-electron chi connectivity index (χ2n) is 9.63. The van der Waals surface area contributed by atoms with Crippen LogP contribution in [0.2, 0.25) is 0 Å². The fourth-order valence-corrected chi connectivity index (χ4v) is 4.08. The number of nitrogens with zero attached hydrogens (tertiary/aromatic N) is 1. The summed E-state index contributed by atoms with van der Waals surface area (Å²) in [4.78, 5) is 49.5. The second-order valence-corrected chi connectivity index (χ2v) is 9.63. The molecule has 0 spiro atoms. The van der Waals surface area contributed by atoms with E-state index in [0.717, 1.165) is 12.8 Å². The molecule has 0 aromatic heterocycles. The van der Waals surface area contributed by atoms with Crippen molar-refractivity contribution in [2.45, 2.75) is 52.5 Å². The average Bonchev–Trinajstić information content (AvgIpc) is 2.95. The van der Waals surface area contributed by atoms with Gasteiger partial charge in [0.05, 0.1) is 12.2 Å². The van der Waals surface area contributed by atoms with Crippen LogP contribution < -0.4 is 14.8 Å². The normalized spacial score (nSPS) is 10.5. The van der Waals surface area contributed by atoms with Gasteiger partial charge in [-0.05, 0) is 72.6 Å². The first-order chi connectivity index (χ1) is 19.7. The van der Waals surface area contributed by atoms with E-state index < -0.39 is 24.4 Å². The predicted octanol–water partition coefficient (Wildman–Crippen LogP) is 5.94. The molecule has 0 radical (unpaired) electrons. The van der Waals surface area contributed by atoms with Crippen molar-refractivity contribution in [2.24, 2.45) is 0 Å². The van der Waals surface area contributed by atoms with Crippen LogP contribution in [0.5, 0.6) is 11.5 Å². The number of rotatable bonds is 15. The van der Waals surface area contributed by atoms with Crippen LogP contribution in [0.3, 0.4) is 0 Å². The van der Waals surface area contributed by atoms with Crippen LogP contribution in [-0.2, 0) is 16.1 Å². The van der Waals surface area contributed by atoms with E-state index in [-0.39, 0.29) is 18.0 Å². The number of carboxylic acid groups (broad SMARTS) is 1. The Morgan fingerprint density at radius 2 is 1.39 bits per heavy atom. The number of aliphatic carboxylic acids is 1. The molecule has 41 heavy (non-hydrogen) atoms. The number of hydrogen-bond acceptors (Lipinski definition) is 6. The van der Waals surface area contributed by atoms with Crippen molar-refractivity contribution in [2.75, 3.05) is 18.5 Å². The van der Waals surface area contributed by atoms with Crippen LogP contribution in [0.4, 0.5) is 5.69 Å². The summed E-state index contributed by atoms with van der Waals surface area (Å²) in [6.07, 6.45) is 5.78. The molecule has 9 heteroatoms. The maximum atomic E-state index is 13.0. The van der Waals surface area contributed by atoms with Crippen LogP contribution in [0.25, 0.3) is 0 Å². The van der Waals surface area contributed by atoms with Gasteiger partial charge in [0.15, 0.2) is 0 Å². The van der Waals surface area contributed by atoms with E-state index in [9.17, 15) is 24.3 Å². The number of hydrogen-bond donors (Lipinski definition) is 2. The first-order valence-corrected chi connectivity index (χ1v) is 13.7. The van der Waals surface area contributed by atoms with E-state index in [2.05, 4.69) is 12.2 Å². The quantitative estimate of drug-likeness (QED) is 0.134. The van der Waals surface area contributed by atoms with E-state index in [4.69, 9.17) is 9.47 Å². The van der Waals surface area contributed by atoms with Gasteiger partial charge in [0.25, 0.3) is 5.91 Å². The standard InChI is InChI=1S/C32H36N2O7/c1-3-4-5-6-7-20-40-28-18-12-26(13-19-28)32(39)41-29-16-8-24(9-17-29)21-34(22-30(36)37)31(38)25-10-14-27(15-11-25)33-23(2)35/h8-19H,3-7,20-22H2,1-2H3,(H,33,35)(H,36,37). The topological polar surface area (TPSA) is 122 Å². The number of ether oxygens (including phenoxy) is 2. The van der Waals surface area contributed by atoms with Gasteiger partial charge in [0.1, 0.15) is 18.0 Å². The number of unbranched alkanes of at least 4 members (excludes halogenated alkanes) is 4. The Kier molecular flexibility index (Phi) is 11.9. The zero-order chi connectivity index (χ0) is 29.6. The lowest BCUT2D eigenvalue weighted by atomic mass is 10.1.